The van der Waals surface area contributed by atoms with Gasteiger partial charge in [0.15, 0.2) is 0 Å². The number of aliphatic hydroxyl groups is 1. The molecule has 0 amide bonds. The van der Waals surface area contributed by atoms with Gasteiger partial charge in [0.25, 0.3) is 0 Å². The van der Waals surface area contributed by atoms with Crippen LogP contribution in [0.3, 0.4) is 0 Å². The second-order valence-corrected chi connectivity index (χ2v) is 7.22. The normalized spacial score (nSPS) is 20.7. The molecule has 1 aromatic rings. The first-order valence-electron chi connectivity index (χ1n) is 8.63. The summed E-state index contributed by atoms with van der Waals surface area (Å²) in [6.45, 7) is 14.7. The molecular weight excluding hydrogens is 272 g/mol. The van der Waals surface area contributed by atoms with Gasteiger partial charge in [-0.2, -0.15) is 0 Å². The molecule has 1 aliphatic rings. The quantitative estimate of drug-likeness (QED) is 0.875. The van der Waals surface area contributed by atoms with E-state index in [0.717, 1.165) is 39.1 Å². The number of benzene rings is 1. The van der Waals surface area contributed by atoms with Crippen molar-refractivity contribution >= 4 is 0 Å². The van der Waals surface area contributed by atoms with Crippen LogP contribution in [0.2, 0.25) is 0 Å². The first-order chi connectivity index (χ1) is 10.5. The maximum atomic E-state index is 9.38. The average Bonchev–Trinajstić information content (AvgIpc) is 2.45. The Balaban J connectivity index is 2.00. The fourth-order valence-corrected chi connectivity index (χ4v) is 3.44. The van der Waals surface area contributed by atoms with E-state index >= 15 is 0 Å². The molecule has 0 saturated carbocycles. The molecule has 1 aliphatic heterocycles. The minimum absolute atomic E-state index is 0.288. The number of hydrogen-bond acceptors (Lipinski definition) is 3. The van der Waals surface area contributed by atoms with Crippen LogP contribution in [-0.4, -0.2) is 53.7 Å². The topological polar surface area (TPSA) is 26.7 Å². The van der Waals surface area contributed by atoms with Gasteiger partial charge in [-0.3, -0.25) is 9.80 Å². The summed E-state index contributed by atoms with van der Waals surface area (Å²) in [7, 11) is 0. The van der Waals surface area contributed by atoms with Gasteiger partial charge < -0.3 is 5.11 Å². The van der Waals surface area contributed by atoms with Gasteiger partial charge in [0, 0.05) is 45.4 Å². The highest BCUT2D eigenvalue weighted by molar-refractivity contribution is 5.30. The second-order valence-electron chi connectivity index (χ2n) is 7.22. The van der Waals surface area contributed by atoms with Crippen LogP contribution >= 0.6 is 0 Å². The highest BCUT2D eigenvalue weighted by atomic mass is 16.3. The molecule has 1 N–H and O–H groups in total. The lowest BCUT2D eigenvalue weighted by atomic mass is 10.0. The Morgan fingerprint density at radius 2 is 2.00 bits per heavy atom. The Kier molecular flexibility index (Phi) is 6.42. The number of nitrogens with zero attached hydrogens (tertiary/aromatic N) is 2. The Hall–Kier alpha value is -0.900. The predicted molar refractivity (Wildman–Crippen MR) is 93.1 cm³/mol. The van der Waals surface area contributed by atoms with Crippen molar-refractivity contribution in [2.24, 2.45) is 5.92 Å². The summed E-state index contributed by atoms with van der Waals surface area (Å²) < 4.78 is 0. The number of rotatable bonds is 6. The summed E-state index contributed by atoms with van der Waals surface area (Å²) in [6, 6.07) is 7.22. The molecule has 0 radical (unpaired) electrons. The molecule has 1 aromatic carbocycles. The Bertz CT molecular complexity index is 473. The van der Waals surface area contributed by atoms with Crippen LogP contribution in [0.15, 0.2) is 18.2 Å². The monoisotopic (exact) mass is 304 g/mol. The zero-order chi connectivity index (χ0) is 16.1. The van der Waals surface area contributed by atoms with Crippen molar-refractivity contribution in [3.05, 3.63) is 34.9 Å². The van der Waals surface area contributed by atoms with Crippen LogP contribution in [0.25, 0.3) is 0 Å². The van der Waals surface area contributed by atoms with E-state index in [1.807, 2.05) is 0 Å². The van der Waals surface area contributed by atoms with Crippen molar-refractivity contribution in [1.29, 1.82) is 0 Å². The van der Waals surface area contributed by atoms with Crippen molar-refractivity contribution in [1.82, 2.24) is 9.80 Å². The standard InChI is InChI=1S/C19H32N2O/c1-15(2)12-21-9-8-20(14-19(21)7-10-22)13-18-11-16(3)5-6-17(18)4/h5-6,11,15,19,22H,7-10,12-14H2,1-4H3/t19-/m1/s1. The molecule has 0 aliphatic carbocycles. The van der Waals surface area contributed by atoms with Gasteiger partial charge in [-0.1, -0.05) is 37.6 Å². The van der Waals surface area contributed by atoms with Crippen LogP contribution in [0, 0.1) is 19.8 Å². The number of aryl methyl sites for hydroxylation is 2. The molecule has 1 fully saturated rings. The van der Waals surface area contributed by atoms with Gasteiger partial charge in [-0.15, -0.1) is 0 Å². The predicted octanol–water partition coefficient (Wildman–Crippen LogP) is 2.83. The van der Waals surface area contributed by atoms with Crippen molar-refractivity contribution in [3.8, 4) is 0 Å². The summed E-state index contributed by atoms with van der Waals surface area (Å²) in [6.07, 6.45) is 0.885. The molecule has 0 unspecified atom stereocenters. The van der Waals surface area contributed by atoms with Crippen molar-refractivity contribution in [2.45, 2.75) is 46.7 Å². The van der Waals surface area contributed by atoms with E-state index in [1.165, 1.54) is 16.7 Å². The Morgan fingerprint density at radius 3 is 2.68 bits per heavy atom. The summed E-state index contributed by atoms with van der Waals surface area (Å²) in [5, 5.41) is 9.38. The lowest BCUT2D eigenvalue weighted by Crippen LogP contribution is -2.53. The molecule has 1 heterocycles. The third-order valence-electron chi connectivity index (χ3n) is 4.65. The zero-order valence-electron chi connectivity index (χ0n) is 14.7. The van der Waals surface area contributed by atoms with E-state index < -0.39 is 0 Å². The van der Waals surface area contributed by atoms with Crippen molar-refractivity contribution in [3.63, 3.8) is 0 Å². The molecule has 0 bridgehead atoms. The molecular formula is C19H32N2O. The minimum Gasteiger partial charge on any atom is -0.396 e. The molecule has 0 aromatic heterocycles. The molecule has 22 heavy (non-hydrogen) atoms. The van der Waals surface area contributed by atoms with Crippen LogP contribution in [-0.2, 0) is 6.54 Å². The van der Waals surface area contributed by atoms with Gasteiger partial charge in [-0.05, 0) is 37.3 Å². The SMILES string of the molecule is Cc1ccc(C)c(CN2CCN(CC(C)C)[C@H](CCO)C2)c1. The molecule has 3 nitrogen and oxygen atoms in total. The highest BCUT2D eigenvalue weighted by Crippen LogP contribution is 2.19. The van der Waals surface area contributed by atoms with Gasteiger partial charge in [-0.25, -0.2) is 0 Å². The molecule has 124 valence electrons. The van der Waals surface area contributed by atoms with E-state index in [0.29, 0.717) is 12.0 Å². The highest BCUT2D eigenvalue weighted by Gasteiger charge is 2.27. The zero-order valence-corrected chi connectivity index (χ0v) is 14.7. The fraction of sp³-hybridized carbons (Fsp3) is 0.684. The third-order valence-corrected chi connectivity index (χ3v) is 4.65. The van der Waals surface area contributed by atoms with E-state index in [1.54, 1.807) is 0 Å². The largest absolute Gasteiger partial charge is 0.396 e. The van der Waals surface area contributed by atoms with E-state index in [4.69, 9.17) is 0 Å². The maximum absolute atomic E-state index is 9.38. The molecule has 0 spiro atoms. The molecule has 3 heteroatoms. The van der Waals surface area contributed by atoms with Crippen LogP contribution in [0.1, 0.15) is 37.0 Å². The number of piperazine rings is 1. The van der Waals surface area contributed by atoms with Gasteiger partial charge in [0.2, 0.25) is 0 Å². The number of hydrogen-bond donors (Lipinski definition) is 1. The first-order valence-corrected chi connectivity index (χ1v) is 8.63. The van der Waals surface area contributed by atoms with Gasteiger partial charge >= 0.3 is 0 Å². The van der Waals surface area contributed by atoms with Crippen molar-refractivity contribution in [2.75, 3.05) is 32.8 Å². The van der Waals surface area contributed by atoms with Crippen LogP contribution in [0.5, 0.6) is 0 Å². The lowest BCUT2D eigenvalue weighted by molar-refractivity contribution is 0.0476. The second kappa shape index (κ2) is 8.09. The first kappa shape index (κ1) is 17.5. The van der Waals surface area contributed by atoms with E-state index in [-0.39, 0.29) is 6.61 Å². The maximum Gasteiger partial charge on any atom is 0.0446 e. The summed E-state index contributed by atoms with van der Waals surface area (Å²) in [5.41, 5.74) is 4.17. The van der Waals surface area contributed by atoms with E-state index in [9.17, 15) is 5.11 Å². The van der Waals surface area contributed by atoms with E-state index in [2.05, 4.69) is 55.7 Å². The van der Waals surface area contributed by atoms with Gasteiger partial charge in [0.05, 0.1) is 0 Å². The number of aliphatic hydroxyl groups excluding tert-OH is 1. The average molecular weight is 304 g/mol. The fourth-order valence-electron chi connectivity index (χ4n) is 3.44. The van der Waals surface area contributed by atoms with Crippen LogP contribution in [0.4, 0.5) is 0 Å². The molecule has 1 atom stereocenters. The Morgan fingerprint density at radius 1 is 1.23 bits per heavy atom. The summed E-state index contributed by atoms with van der Waals surface area (Å²) in [5.74, 6) is 0.687. The molecule has 2 rings (SSSR count). The smallest absolute Gasteiger partial charge is 0.0446 e. The van der Waals surface area contributed by atoms with Crippen LogP contribution < -0.4 is 0 Å². The molecule has 1 saturated heterocycles. The lowest BCUT2D eigenvalue weighted by Gasteiger charge is -2.42. The van der Waals surface area contributed by atoms with Crippen molar-refractivity contribution < 1.29 is 5.11 Å². The summed E-state index contributed by atoms with van der Waals surface area (Å²) >= 11 is 0. The Labute approximate surface area is 135 Å². The van der Waals surface area contributed by atoms with Gasteiger partial charge in [0.1, 0.15) is 0 Å². The summed E-state index contributed by atoms with van der Waals surface area (Å²) in [4.78, 5) is 5.12. The minimum atomic E-state index is 0.288. The third kappa shape index (κ3) is 4.80.